The summed E-state index contributed by atoms with van der Waals surface area (Å²) in [6.07, 6.45) is 6.90. The first kappa shape index (κ1) is 17.9. The lowest BCUT2D eigenvalue weighted by atomic mass is 9.83. The topological polar surface area (TPSA) is 86.8 Å². The van der Waals surface area contributed by atoms with Crippen molar-refractivity contribution in [1.82, 2.24) is 25.0 Å². The number of rotatable bonds is 5. The van der Waals surface area contributed by atoms with Gasteiger partial charge in [0, 0.05) is 6.04 Å². The number of carbonyl (C=O) groups is 1. The Hall–Kier alpha value is -1.94. The first-order chi connectivity index (χ1) is 12.0. The number of amides is 1. The van der Waals surface area contributed by atoms with Gasteiger partial charge in [-0.3, -0.25) is 9.69 Å². The van der Waals surface area contributed by atoms with Gasteiger partial charge in [-0.15, -0.1) is 0 Å². The molecule has 7 heteroatoms. The van der Waals surface area contributed by atoms with Gasteiger partial charge in [0.15, 0.2) is 0 Å². The van der Waals surface area contributed by atoms with Crippen LogP contribution in [0.2, 0.25) is 0 Å². The molecule has 0 radical (unpaired) electrons. The molecule has 0 bridgehead atoms. The minimum Gasteiger partial charge on any atom is -0.337 e. The molecule has 2 fully saturated rings. The quantitative estimate of drug-likeness (QED) is 0.878. The van der Waals surface area contributed by atoms with E-state index in [9.17, 15) is 10.1 Å². The number of nitrogens with zero attached hydrogens (tertiary/aromatic N) is 5. The van der Waals surface area contributed by atoms with Crippen LogP contribution in [0.15, 0.2) is 0 Å². The number of aromatic nitrogens is 3. The van der Waals surface area contributed by atoms with Gasteiger partial charge in [-0.1, -0.05) is 19.3 Å². The summed E-state index contributed by atoms with van der Waals surface area (Å²) < 4.78 is 1.94. The summed E-state index contributed by atoms with van der Waals surface area (Å²) in [6.45, 7) is 5.91. The van der Waals surface area contributed by atoms with Crippen molar-refractivity contribution < 1.29 is 4.79 Å². The van der Waals surface area contributed by atoms with Crippen LogP contribution in [0, 0.1) is 25.2 Å². The Labute approximate surface area is 149 Å². The van der Waals surface area contributed by atoms with Gasteiger partial charge < -0.3 is 5.32 Å². The van der Waals surface area contributed by atoms with Gasteiger partial charge in [-0.05, 0) is 46.1 Å². The monoisotopic (exact) mass is 344 g/mol. The van der Waals surface area contributed by atoms with Crippen molar-refractivity contribution in [2.75, 3.05) is 13.1 Å². The minimum atomic E-state index is -0.649. The highest BCUT2D eigenvalue weighted by Gasteiger charge is 2.35. The van der Waals surface area contributed by atoms with Gasteiger partial charge in [-0.25, -0.2) is 9.67 Å². The SMILES string of the molecule is Cc1nc(C)n(C[C@H]2CCCN2CC(=O)NC2(C#N)CCCCC2)n1. The zero-order valence-corrected chi connectivity index (χ0v) is 15.3. The van der Waals surface area contributed by atoms with Crippen LogP contribution in [0.25, 0.3) is 0 Å². The summed E-state index contributed by atoms with van der Waals surface area (Å²) >= 11 is 0. The average Bonchev–Trinajstić information content (AvgIpc) is 3.14. The smallest absolute Gasteiger partial charge is 0.235 e. The van der Waals surface area contributed by atoms with E-state index in [2.05, 4.69) is 26.4 Å². The second-order valence-electron chi connectivity index (χ2n) is 7.46. The Balaban J connectivity index is 1.58. The number of carbonyl (C=O) groups excluding carboxylic acids is 1. The Morgan fingerprint density at radius 2 is 2.08 bits per heavy atom. The largest absolute Gasteiger partial charge is 0.337 e. The number of likely N-dealkylation sites (tertiary alicyclic amines) is 1. The first-order valence-corrected chi connectivity index (χ1v) is 9.36. The molecule has 1 aliphatic carbocycles. The van der Waals surface area contributed by atoms with E-state index in [1.54, 1.807) is 0 Å². The fraction of sp³-hybridized carbons (Fsp3) is 0.778. The van der Waals surface area contributed by atoms with Crippen molar-refractivity contribution in [3.8, 4) is 6.07 Å². The molecule has 0 unspecified atom stereocenters. The molecule has 1 atom stereocenters. The normalized spacial score (nSPS) is 23.3. The van der Waals surface area contributed by atoms with E-state index in [4.69, 9.17) is 0 Å². The molecule has 2 heterocycles. The Kier molecular flexibility index (Phi) is 5.38. The first-order valence-electron chi connectivity index (χ1n) is 9.36. The van der Waals surface area contributed by atoms with Gasteiger partial charge >= 0.3 is 0 Å². The average molecular weight is 344 g/mol. The van der Waals surface area contributed by atoms with Gasteiger partial charge in [0.2, 0.25) is 5.91 Å². The predicted octanol–water partition coefficient (Wildman–Crippen LogP) is 1.70. The van der Waals surface area contributed by atoms with Crippen molar-refractivity contribution in [3.05, 3.63) is 11.6 Å². The number of nitrogens with one attached hydrogen (secondary N) is 1. The highest BCUT2D eigenvalue weighted by atomic mass is 16.2. The zero-order chi connectivity index (χ0) is 17.9. The summed E-state index contributed by atoms with van der Waals surface area (Å²) in [5.74, 6) is 1.68. The van der Waals surface area contributed by atoms with E-state index in [0.29, 0.717) is 12.6 Å². The molecule has 2 aliphatic rings. The number of hydrogen-bond donors (Lipinski definition) is 1. The molecule has 136 valence electrons. The van der Waals surface area contributed by atoms with Crippen LogP contribution in [0.1, 0.15) is 56.6 Å². The molecule has 1 saturated heterocycles. The second-order valence-corrected chi connectivity index (χ2v) is 7.46. The molecular weight excluding hydrogens is 316 g/mol. The van der Waals surface area contributed by atoms with Crippen LogP contribution in [0.4, 0.5) is 0 Å². The maximum Gasteiger partial charge on any atom is 0.235 e. The third kappa shape index (κ3) is 4.18. The molecule has 25 heavy (non-hydrogen) atoms. The molecule has 1 saturated carbocycles. The molecule has 1 aliphatic heterocycles. The molecule has 7 nitrogen and oxygen atoms in total. The van der Waals surface area contributed by atoms with E-state index in [0.717, 1.165) is 69.7 Å². The summed E-state index contributed by atoms with van der Waals surface area (Å²) in [7, 11) is 0. The number of aryl methyl sites for hydroxylation is 2. The predicted molar refractivity (Wildman–Crippen MR) is 93.7 cm³/mol. The maximum absolute atomic E-state index is 12.6. The van der Waals surface area contributed by atoms with Crippen molar-refractivity contribution in [3.63, 3.8) is 0 Å². The summed E-state index contributed by atoms with van der Waals surface area (Å²) in [4.78, 5) is 19.1. The molecule has 1 aromatic heterocycles. The van der Waals surface area contributed by atoms with Crippen molar-refractivity contribution >= 4 is 5.91 Å². The van der Waals surface area contributed by atoms with Crippen LogP contribution in [0.3, 0.4) is 0 Å². The van der Waals surface area contributed by atoms with Crippen molar-refractivity contribution in [2.45, 2.75) is 76.9 Å². The Bertz CT molecular complexity index is 655. The lowest BCUT2D eigenvalue weighted by molar-refractivity contribution is -0.124. The molecule has 0 aromatic carbocycles. The molecule has 0 spiro atoms. The van der Waals surface area contributed by atoms with Crippen LogP contribution in [-0.4, -0.2) is 50.2 Å². The van der Waals surface area contributed by atoms with Crippen molar-refractivity contribution in [1.29, 1.82) is 5.26 Å². The molecule has 3 rings (SSSR count). The molecular formula is C18H28N6O. The van der Waals surface area contributed by atoms with Gasteiger partial charge in [0.25, 0.3) is 0 Å². The Morgan fingerprint density at radius 1 is 1.32 bits per heavy atom. The third-order valence-corrected chi connectivity index (χ3v) is 5.49. The van der Waals surface area contributed by atoms with E-state index in [1.807, 2.05) is 18.5 Å². The minimum absolute atomic E-state index is 0.0261. The van der Waals surface area contributed by atoms with Crippen LogP contribution in [0.5, 0.6) is 0 Å². The lowest BCUT2D eigenvalue weighted by Gasteiger charge is -2.33. The summed E-state index contributed by atoms with van der Waals surface area (Å²) in [6, 6.07) is 2.66. The van der Waals surface area contributed by atoms with Gasteiger partial charge in [0.05, 0.1) is 19.2 Å². The molecule has 1 amide bonds. The third-order valence-electron chi connectivity index (χ3n) is 5.49. The fourth-order valence-electron chi connectivity index (χ4n) is 4.15. The lowest BCUT2D eigenvalue weighted by Crippen LogP contribution is -2.52. The maximum atomic E-state index is 12.6. The van der Waals surface area contributed by atoms with E-state index in [1.165, 1.54) is 0 Å². The van der Waals surface area contributed by atoms with Crippen LogP contribution in [-0.2, 0) is 11.3 Å². The van der Waals surface area contributed by atoms with E-state index in [-0.39, 0.29) is 5.91 Å². The van der Waals surface area contributed by atoms with Crippen molar-refractivity contribution in [2.24, 2.45) is 0 Å². The van der Waals surface area contributed by atoms with Gasteiger partial charge in [0.1, 0.15) is 17.2 Å². The summed E-state index contributed by atoms with van der Waals surface area (Å²) in [5.41, 5.74) is -0.649. The van der Waals surface area contributed by atoms with Crippen LogP contribution < -0.4 is 5.32 Å². The zero-order valence-electron chi connectivity index (χ0n) is 15.3. The number of hydrogen-bond acceptors (Lipinski definition) is 5. The highest BCUT2D eigenvalue weighted by molar-refractivity contribution is 5.79. The highest BCUT2D eigenvalue weighted by Crippen LogP contribution is 2.27. The standard InChI is InChI=1S/C18H28N6O/c1-14-20-15(2)24(22-14)11-16-7-6-10-23(16)12-17(25)21-18(13-19)8-4-3-5-9-18/h16H,3-12H2,1-2H3,(H,21,25)/t16-/m1/s1. The second kappa shape index (κ2) is 7.52. The van der Waals surface area contributed by atoms with E-state index < -0.39 is 5.54 Å². The summed E-state index contributed by atoms with van der Waals surface area (Å²) in [5, 5.41) is 17.0. The fourth-order valence-corrected chi connectivity index (χ4v) is 4.15. The molecule has 1 aromatic rings. The molecule has 1 N–H and O–H groups in total. The van der Waals surface area contributed by atoms with E-state index >= 15 is 0 Å². The van der Waals surface area contributed by atoms with Crippen LogP contribution >= 0.6 is 0 Å². The van der Waals surface area contributed by atoms with Gasteiger partial charge in [-0.2, -0.15) is 10.4 Å². The number of nitriles is 1. The Morgan fingerprint density at radius 3 is 2.72 bits per heavy atom.